The smallest absolute Gasteiger partial charge is 0.351 e. The molecule has 0 radical (unpaired) electrons. The SMILES string of the molecule is O=C(c1ccccc1)[P+](O)(O)C(O)c1ccccc1. The van der Waals surface area contributed by atoms with Crippen molar-refractivity contribution in [2.24, 2.45) is 0 Å². The van der Waals surface area contributed by atoms with E-state index in [1.165, 1.54) is 12.1 Å². The zero-order chi connectivity index (χ0) is 13.9. The first-order chi connectivity index (χ1) is 9.03. The van der Waals surface area contributed by atoms with Gasteiger partial charge in [-0.1, -0.05) is 48.5 Å². The van der Waals surface area contributed by atoms with Crippen molar-refractivity contribution in [3.8, 4) is 0 Å². The molecule has 2 rings (SSSR count). The van der Waals surface area contributed by atoms with E-state index in [0.29, 0.717) is 5.56 Å². The van der Waals surface area contributed by atoms with Gasteiger partial charge in [0.15, 0.2) is 0 Å². The predicted octanol–water partition coefficient (Wildman–Crippen LogP) is 2.35. The molecule has 0 aromatic heterocycles. The Bertz CT molecular complexity index is 554. The van der Waals surface area contributed by atoms with Crippen LogP contribution >= 0.6 is 7.72 Å². The third kappa shape index (κ3) is 2.88. The molecule has 0 amide bonds. The third-order valence-electron chi connectivity index (χ3n) is 2.76. The molecule has 4 nitrogen and oxygen atoms in total. The quantitative estimate of drug-likeness (QED) is 0.750. The van der Waals surface area contributed by atoms with Crippen LogP contribution < -0.4 is 0 Å². The van der Waals surface area contributed by atoms with Crippen molar-refractivity contribution in [3.05, 3.63) is 71.8 Å². The van der Waals surface area contributed by atoms with E-state index in [1.54, 1.807) is 48.5 Å². The van der Waals surface area contributed by atoms with Gasteiger partial charge in [0.05, 0.1) is 5.56 Å². The highest BCUT2D eigenvalue weighted by Crippen LogP contribution is 2.63. The molecule has 19 heavy (non-hydrogen) atoms. The summed E-state index contributed by atoms with van der Waals surface area (Å²) in [6, 6.07) is 16.1. The minimum atomic E-state index is -4.15. The second-order valence-electron chi connectivity index (χ2n) is 4.11. The molecule has 1 atom stereocenters. The van der Waals surface area contributed by atoms with Gasteiger partial charge < -0.3 is 5.11 Å². The highest BCUT2D eigenvalue weighted by atomic mass is 31.2. The molecule has 98 valence electrons. The number of rotatable bonds is 4. The summed E-state index contributed by atoms with van der Waals surface area (Å²) in [6.07, 6.45) is 0. The van der Waals surface area contributed by atoms with Crippen molar-refractivity contribution >= 4 is 13.2 Å². The number of carbonyl (C=O) groups excluding carboxylic acids is 1. The normalized spacial score (nSPS) is 13.0. The number of aliphatic hydroxyl groups is 1. The molecular weight excluding hydrogens is 263 g/mol. The largest absolute Gasteiger partial charge is 0.377 e. The van der Waals surface area contributed by atoms with Crippen LogP contribution in [0.4, 0.5) is 0 Å². The minimum Gasteiger partial charge on any atom is -0.351 e. The highest BCUT2D eigenvalue weighted by molar-refractivity contribution is 7.82. The molecule has 2 aromatic rings. The standard InChI is InChI=1S/C14H14O4P/c15-13(11-7-3-1-4-8-11)19(17,18)14(16)12-9-5-2-6-10-12/h1-10,13,15,17-18H/q+1. The maximum Gasteiger partial charge on any atom is 0.377 e. The first-order valence-corrected chi connectivity index (χ1v) is 7.47. The molecule has 3 N–H and O–H groups in total. The fourth-order valence-corrected chi connectivity index (χ4v) is 3.05. The summed E-state index contributed by atoms with van der Waals surface area (Å²) in [4.78, 5) is 32.1. The summed E-state index contributed by atoms with van der Waals surface area (Å²) in [5, 5.41) is 10.0. The molecule has 0 bridgehead atoms. The van der Waals surface area contributed by atoms with Crippen LogP contribution in [0.1, 0.15) is 21.8 Å². The number of carbonyl (C=O) groups is 1. The summed E-state index contributed by atoms with van der Waals surface area (Å²) in [7, 11) is -4.15. The molecular formula is C14H14O4P+. The van der Waals surface area contributed by atoms with Crippen molar-refractivity contribution in [1.82, 2.24) is 0 Å². The minimum absolute atomic E-state index is 0.177. The van der Waals surface area contributed by atoms with Gasteiger partial charge in [-0.2, -0.15) is 0 Å². The molecule has 0 saturated heterocycles. The van der Waals surface area contributed by atoms with Gasteiger partial charge in [-0.3, -0.25) is 0 Å². The Morgan fingerprint density at radius 2 is 1.37 bits per heavy atom. The number of aliphatic hydroxyl groups excluding tert-OH is 1. The Balaban J connectivity index is 2.30. The van der Waals surface area contributed by atoms with Gasteiger partial charge in [0.1, 0.15) is 0 Å². The van der Waals surface area contributed by atoms with Crippen LogP contribution in [0.5, 0.6) is 0 Å². The number of hydrogen-bond donors (Lipinski definition) is 3. The van der Waals surface area contributed by atoms with Crippen LogP contribution in [0.3, 0.4) is 0 Å². The molecule has 0 spiro atoms. The second kappa shape index (κ2) is 5.59. The number of hydrogen-bond acceptors (Lipinski definition) is 4. The number of benzene rings is 2. The lowest BCUT2D eigenvalue weighted by Crippen LogP contribution is -2.14. The van der Waals surface area contributed by atoms with Crippen LogP contribution in [-0.2, 0) is 0 Å². The Morgan fingerprint density at radius 1 is 0.895 bits per heavy atom. The van der Waals surface area contributed by atoms with Gasteiger partial charge in [0.2, 0.25) is 0 Å². The Kier molecular flexibility index (Phi) is 4.08. The third-order valence-corrected chi connectivity index (χ3v) is 4.59. The lowest BCUT2D eigenvalue weighted by atomic mass is 10.2. The van der Waals surface area contributed by atoms with Crippen molar-refractivity contribution in [1.29, 1.82) is 0 Å². The zero-order valence-electron chi connectivity index (χ0n) is 10.0. The maximum absolute atomic E-state index is 12.1. The summed E-state index contributed by atoms with van der Waals surface area (Å²) in [5.74, 6) is -1.60. The molecule has 5 heteroatoms. The monoisotopic (exact) mass is 277 g/mol. The van der Waals surface area contributed by atoms with Crippen molar-refractivity contribution in [2.75, 3.05) is 0 Å². The van der Waals surface area contributed by atoms with Crippen LogP contribution in [0, 0.1) is 0 Å². The van der Waals surface area contributed by atoms with E-state index in [0.717, 1.165) is 0 Å². The fraction of sp³-hybridized carbons (Fsp3) is 0.0714. The van der Waals surface area contributed by atoms with Crippen LogP contribution in [0.2, 0.25) is 0 Å². The van der Waals surface area contributed by atoms with Crippen molar-refractivity contribution in [3.63, 3.8) is 0 Å². The van der Waals surface area contributed by atoms with Gasteiger partial charge in [0.25, 0.3) is 5.85 Å². The molecule has 0 saturated carbocycles. The molecule has 0 heterocycles. The average molecular weight is 277 g/mol. The Hall–Kier alpha value is -1.58. The van der Waals surface area contributed by atoms with E-state index in [9.17, 15) is 19.7 Å². The van der Waals surface area contributed by atoms with Crippen LogP contribution in [-0.4, -0.2) is 20.4 Å². The van der Waals surface area contributed by atoms with E-state index >= 15 is 0 Å². The molecule has 0 fully saturated rings. The molecule has 0 aliphatic carbocycles. The van der Waals surface area contributed by atoms with E-state index < -0.39 is 19.1 Å². The first-order valence-electron chi connectivity index (χ1n) is 5.70. The van der Waals surface area contributed by atoms with Crippen LogP contribution in [0.25, 0.3) is 0 Å². The second-order valence-corrected chi connectivity index (χ2v) is 6.30. The average Bonchev–Trinajstić information content (AvgIpc) is 2.47. The van der Waals surface area contributed by atoms with Crippen LogP contribution in [0.15, 0.2) is 60.7 Å². The molecule has 1 unspecified atom stereocenters. The molecule has 0 aliphatic heterocycles. The Morgan fingerprint density at radius 3 is 1.89 bits per heavy atom. The topological polar surface area (TPSA) is 77.8 Å². The van der Waals surface area contributed by atoms with Crippen molar-refractivity contribution in [2.45, 2.75) is 5.85 Å². The summed E-state index contributed by atoms with van der Waals surface area (Å²) >= 11 is 0. The summed E-state index contributed by atoms with van der Waals surface area (Å²) < 4.78 is 0. The van der Waals surface area contributed by atoms with Crippen molar-refractivity contribution < 1.29 is 19.7 Å². The van der Waals surface area contributed by atoms with E-state index in [2.05, 4.69) is 0 Å². The lowest BCUT2D eigenvalue weighted by molar-refractivity contribution is 0.102. The summed E-state index contributed by atoms with van der Waals surface area (Å²) in [6.45, 7) is 0. The predicted molar refractivity (Wildman–Crippen MR) is 73.5 cm³/mol. The van der Waals surface area contributed by atoms with E-state index in [-0.39, 0.29) is 5.56 Å². The first kappa shape index (κ1) is 13.8. The molecule has 2 aromatic carbocycles. The summed E-state index contributed by atoms with van der Waals surface area (Å²) in [5.41, 5.74) is -0.342. The fourth-order valence-electron chi connectivity index (χ4n) is 1.71. The van der Waals surface area contributed by atoms with Gasteiger partial charge in [-0.05, 0) is 12.1 Å². The van der Waals surface area contributed by atoms with E-state index in [1.807, 2.05) is 0 Å². The Labute approximate surface area is 111 Å². The van der Waals surface area contributed by atoms with Gasteiger partial charge in [-0.15, -0.1) is 0 Å². The molecule has 0 aliphatic rings. The zero-order valence-corrected chi connectivity index (χ0v) is 10.9. The van der Waals surface area contributed by atoms with Gasteiger partial charge >= 0.3 is 13.2 Å². The van der Waals surface area contributed by atoms with Gasteiger partial charge in [-0.25, -0.2) is 14.6 Å². The lowest BCUT2D eigenvalue weighted by Gasteiger charge is -2.16. The highest BCUT2D eigenvalue weighted by Gasteiger charge is 2.53. The maximum atomic E-state index is 12.1. The van der Waals surface area contributed by atoms with E-state index in [4.69, 9.17) is 0 Å². The van der Waals surface area contributed by atoms with Gasteiger partial charge in [0, 0.05) is 5.56 Å².